The average molecular weight is 396 g/mol. The van der Waals surface area contributed by atoms with Crippen LogP contribution >= 0.6 is 0 Å². The molecule has 152 valence electrons. The molecule has 1 aliphatic rings. The molecule has 0 aliphatic carbocycles. The minimum atomic E-state index is -0.571. The van der Waals surface area contributed by atoms with Crippen LogP contribution in [0.15, 0.2) is 48.5 Å². The molecular weight excluding hydrogens is 372 g/mol. The number of hydrogen-bond donors (Lipinski definition) is 1. The first-order valence-electron chi connectivity index (χ1n) is 9.39. The molecule has 0 radical (unpaired) electrons. The van der Waals surface area contributed by atoms with Crippen molar-refractivity contribution in [3.63, 3.8) is 0 Å². The van der Waals surface area contributed by atoms with E-state index in [4.69, 9.17) is 9.47 Å². The molecule has 3 rings (SSSR count). The number of carbonyl (C=O) groups is 3. The maximum Gasteiger partial charge on any atom is 0.311 e. The molecule has 0 aromatic heterocycles. The largest absolute Gasteiger partial charge is 0.497 e. The number of nitrogens with zero attached hydrogens (tertiary/aromatic N) is 1. The Morgan fingerprint density at radius 3 is 2.45 bits per heavy atom. The minimum Gasteiger partial charge on any atom is -0.497 e. The van der Waals surface area contributed by atoms with Gasteiger partial charge in [0.1, 0.15) is 5.75 Å². The van der Waals surface area contributed by atoms with E-state index in [9.17, 15) is 14.4 Å². The highest BCUT2D eigenvalue weighted by Gasteiger charge is 2.36. The Hall–Kier alpha value is -3.35. The molecule has 1 atom stereocenters. The van der Waals surface area contributed by atoms with Gasteiger partial charge in [-0.25, -0.2) is 0 Å². The van der Waals surface area contributed by atoms with E-state index >= 15 is 0 Å². The van der Waals surface area contributed by atoms with Crippen LogP contribution in [0.4, 0.5) is 5.69 Å². The summed E-state index contributed by atoms with van der Waals surface area (Å²) in [6.45, 7) is 2.18. The van der Waals surface area contributed by atoms with Crippen LogP contribution in [0, 0.1) is 12.8 Å². The Morgan fingerprint density at radius 1 is 1.10 bits per heavy atom. The van der Waals surface area contributed by atoms with E-state index in [2.05, 4.69) is 5.32 Å². The molecule has 0 saturated carbocycles. The predicted octanol–water partition coefficient (Wildman–Crippen LogP) is 2.22. The first-order valence-corrected chi connectivity index (χ1v) is 9.39. The van der Waals surface area contributed by atoms with Crippen molar-refractivity contribution >= 4 is 23.5 Å². The lowest BCUT2D eigenvalue weighted by Gasteiger charge is -2.16. The SMILES string of the molecule is COc1ccc(CNC(=O)COC(=O)[C@H]2CC(=O)N(c3ccc(C)cc3)C2)cc1. The first kappa shape index (κ1) is 20.4. The van der Waals surface area contributed by atoms with Crippen LogP contribution in [0.25, 0.3) is 0 Å². The number of methoxy groups -OCH3 is 1. The molecule has 1 fully saturated rings. The van der Waals surface area contributed by atoms with Crippen LogP contribution < -0.4 is 15.0 Å². The predicted molar refractivity (Wildman–Crippen MR) is 107 cm³/mol. The van der Waals surface area contributed by atoms with Crippen molar-refractivity contribution in [3.05, 3.63) is 59.7 Å². The second-order valence-electron chi connectivity index (χ2n) is 6.97. The van der Waals surface area contributed by atoms with Crippen molar-refractivity contribution in [1.82, 2.24) is 5.32 Å². The van der Waals surface area contributed by atoms with Crippen molar-refractivity contribution in [2.75, 3.05) is 25.2 Å². The summed E-state index contributed by atoms with van der Waals surface area (Å²) >= 11 is 0. The van der Waals surface area contributed by atoms with E-state index in [1.807, 2.05) is 43.3 Å². The normalized spacial score (nSPS) is 15.9. The Bertz CT molecular complexity index is 877. The number of benzene rings is 2. The third kappa shape index (κ3) is 5.34. The maximum absolute atomic E-state index is 12.3. The summed E-state index contributed by atoms with van der Waals surface area (Å²) in [6.07, 6.45) is 0.0835. The summed E-state index contributed by atoms with van der Waals surface area (Å²) in [5, 5.41) is 2.70. The van der Waals surface area contributed by atoms with Gasteiger partial charge in [-0.15, -0.1) is 0 Å². The van der Waals surface area contributed by atoms with E-state index in [1.54, 1.807) is 24.1 Å². The van der Waals surface area contributed by atoms with Gasteiger partial charge in [-0.05, 0) is 36.8 Å². The summed E-state index contributed by atoms with van der Waals surface area (Å²) in [6, 6.07) is 14.8. The number of aryl methyl sites for hydroxylation is 1. The lowest BCUT2D eigenvalue weighted by atomic mass is 10.1. The van der Waals surface area contributed by atoms with Crippen molar-refractivity contribution in [2.24, 2.45) is 5.92 Å². The maximum atomic E-state index is 12.3. The summed E-state index contributed by atoms with van der Waals surface area (Å²) < 4.78 is 10.2. The molecule has 1 aliphatic heterocycles. The van der Waals surface area contributed by atoms with Crippen LogP contribution in [0.1, 0.15) is 17.5 Å². The lowest BCUT2D eigenvalue weighted by Crippen LogP contribution is -2.31. The van der Waals surface area contributed by atoms with Gasteiger partial charge in [-0.3, -0.25) is 14.4 Å². The minimum absolute atomic E-state index is 0.0835. The number of ether oxygens (including phenoxy) is 2. The summed E-state index contributed by atoms with van der Waals surface area (Å²) in [4.78, 5) is 38.1. The highest BCUT2D eigenvalue weighted by molar-refractivity contribution is 5.99. The Balaban J connectivity index is 1.44. The average Bonchev–Trinajstić information content (AvgIpc) is 3.13. The fourth-order valence-electron chi connectivity index (χ4n) is 3.09. The van der Waals surface area contributed by atoms with Crippen LogP contribution in [-0.2, 0) is 25.7 Å². The van der Waals surface area contributed by atoms with Gasteiger partial charge >= 0.3 is 5.97 Å². The van der Waals surface area contributed by atoms with Crippen molar-refractivity contribution in [3.8, 4) is 5.75 Å². The summed E-state index contributed by atoms with van der Waals surface area (Å²) in [7, 11) is 1.59. The van der Waals surface area contributed by atoms with Gasteiger partial charge in [0.15, 0.2) is 6.61 Å². The zero-order chi connectivity index (χ0) is 20.8. The quantitative estimate of drug-likeness (QED) is 0.726. The molecule has 1 N–H and O–H groups in total. The molecule has 0 bridgehead atoms. The molecule has 7 heteroatoms. The molecule has 2 aromatic rings. The number of carbonyl (C=O) groups excluding carboxylic acids is 3. The van der Waals surface area contributed by atoms with E-state index in [0.717, 1.165) is 22.6 Å². The van der Waals surface area contributed by atoms with Gasteiger partial charge in [-0.2, -0.15) is 0 Å². The van der Waals surface area contributed by atoms with Crippen LogP contribution in [-0.4, -0.2) is 38.0 Å². The van der Waals surface area contributed by atoms with Gasteiger partial charge in [0, 0.05) is 25.2 Å². The number of amides is 2. The molecule has 1 saturated heterocycles. The van der Waals surface area contributed by atoms with Crippen molar-refractivity contribution < 1.29 is 23.9 Å². The Kier molecular flexibility index (Phi) is 6.49. The molecular formula is C22H24N2O5. The third-order valence-electron chi connectivity index (χ3n) is 4.80. The second kappa shape index (κ2) is 9.23. The highest BCUT2D eigenvalue weighted by atomic mass is 16.5. The third-order valence-corrected chi connectivity index (χ3v) is 4.80. The Morgan fingerprint density at radius 2 is 1.79 bits per heavy atom. The number of hydrogen-bond acceptors (Lipinski definition) is 5. The van der Waals surface area contributed by atoms with E-state index < -0.39 is 17.8 Å². The van der Waals surface area contributed by atoms with E-state index in [-0.39, 0.29) is 25.5 Å². The first-order chi connectivity index (χ1) is 14.0. The Labute approximate surface area is 169 Å². The van der Waals surface area contributed by atoms with Gasteiger partial charge in [0.25, 0.3) is 5.91 Å². The molecule has 0 unspecified atom stereocenters. The van der Waals surface area contributed by atoms with Gasteiger partial charge in [-0.1, -0.05) is 29.8 Å². The fraction of sp³-hybridized carbons (Fsp3) is 0.318. The zero-order valence-corrected chi connectivity index (χ0v) is 16.5. The number of nitrogens with one attached hydrogen (secondary N) is 1. The number of esters is 1. The summed E-state index contributed by atoms with van der Waals surface area (Å²) in [5.41, 5.74) is 2.76. The molecule has 29 heavy (non-hydrogen) atoms. The van der Waals surface area contributed by atoms with E-state index in [1.165, 1.54) is 0 Å². The molecule has 7 nitrogen and oxygen atoms in total. The highest BCUT2D eigenvalue weighted by Crippen LogP contribution is 2.26. The van der Waals surface area contributed by atoms with E-state index in [0.29, 0.717) is 6.54 Å². The van der Waals surface area contributed by atoms with Crippen LogP contribution in [0.3, 0.4) is 0 Å². The fourth-order valence-corrected chi connectivity index (χ4v) is 3.09. The number of anilines is 1. The second-order valence-corrected chi connectivity index (χ2v) is 6.97. The number of rotatable bonds is 7. The molecule has 2 aromatic carbocycles. The van der Waals surface area contributed by atoms with Crippen molar-refractivity contribution in [1.29, 1.82) is 0 Å². The molecule has 1 heterocycles. The molecule has 0 spiro atoms. The van der Waals surface area contributed by atoms with Gasteiger partial charge < -0.3 is 19.7 Å². The van der Waals surface area contributed by atoms with Gasteiger partial charge in [0.2, 0.25) is 5.91 Å². The molecule has 2 amide bonds. The smallest absolute Gasteiger partial charge is 0.311 e. The van der Waals surface area contributed by atoms with Gasteiger partial charge in [0.05, 0.1) is 13.0 Å². The lowest BCUT2D eigenvalue weighted by molar-refractivity contribution is -0.152. The zero-order valence-electron chi connectivity index (χ0n) is 16.5. The van der Waals surface area contributed by atoms with Crippen molar-refractivity contribution in [2.45, 2.75) is 19.9 Å². The monoisotopic (exact) mass is 396 g/mol. The van der Waals surface area contributed by atoms with Crippen LogP contribution in [0.5, 0.6) is 5.75 Å². The summed E-state index contributed by atoms with van der Waals surface area (Å²) in [5.74, 6) is -0.890. The standard InChI is InChI=1S/C22H24N2O5/c1-15-3-7-18(8-4-15)24-13-17(11-21(24)26)22(27)29-14-20(25)23-12-16-5-9-19(28-2)10-6-16/h3-10,17H,11-14H2,1-2H3,(H,23,25)/t17-/m0/s1. The topological polar surface area (TPSA) is 84.9 Å². The van der Waals surface area contributed by atoms with Crippen LogP contribution in [0.2, 0.25) is 0 Å².